The average Bonchev–Trinajstić information content (AvgIpc) is 2.35. The summed E-state index contributed by atoms with van der Waals surface area (Å²) in [6.07, 6.45) is 0. The van der Waals surface area contributed by atoms with E-state index < -0.39 is 23.2 Å². The van der Waals surface area contributed by atoms with Gasteiger partial charge in [0.15, 0.2) is 0 Å². The van der Waals surface area contributed by atoms with E-state index in [2.05, 4.69) is 4.74 Å². The molecule has 1 rings (SSSR count). The summed E-state index contributed by atoms with van der Waals surface area (Å²) >= 11 is 0. The zero-order chi connectivity index (χ0) is 13.0. The van der Waals surface area contributed by atoms with Gasteiger partial charge in [-0.25, -0.2) is 4.79 Å². The molecule has 7 heteroatoms. The van der Waals surface area contributed by atoms with Crippen molar-refractivity contribution in [2.24, 2.45) is 0 Å². The lowest BCUT2D eigenvalue weighted by Crippen LogP contribution is -2.07. The monoisotopic (exact) mass is 236 g/mol. The number of esters is 1. The van der Waals surface area contributed by atoms with E-state index in [1.165, 1.54) is 0 Å². The number of aliphatic hydroxyl groups is 1. The zero-order valence-corrected chi connectivity index (χ0v) is 8.84. The summed E-state index contributed by atoms with van der Waals surface area (Å²) in [6, 6.07) is 3.75. The number of nitriles is 1. The SMILES string of the molecule is COC(=O)c1cc([N+](=O)[O-])c(CO)cc1C#N. The summed E-state index contributed by atoms with van der Waals surface area (Å²) < 4.78 is 4.41. The minimum Gasteiger partial charge on any atom is -0.465 e. The highest BCUT2D eigenvalue weighted by Crippen LogP contribution is 2.24. The maximum absolute atomic E-state index is 11.3. The van der Waals surface area contributed by atoms with Crippen LogP contribution in [0.25, 0.3) is 0 Å². The number of carbonyl (C=O) groups is 1. The lowest BCUT2D eigenvalue weighted by Gasteiger charge is -2.05. The van der Waals surface area contributed by atoms with Crippen LogP contribution >= 0.6 is 0 Å². The van der Waals surface area contributed by atoms with Crippen molar-refractivity contribution < 1.29 is 19.6 Å². The maximum atomic E-state index is 11.3. The van der Waals surface area contributed by atoms with Crippen molar-refractivity contribution in [3.63, 3.8) is 0 Å². The van der Waals surface area contributed by atoms with Gasteiger partial charge in [0.2, 0.25) is 0 Å². The van der Waals surface area contributed by atoms with E-state index in [1.54, 1.807) is 6.07 Å². The highest BCUT2D eigenvalue weighted by Gasteiger charge is 2.21. The maximum Gasteiger partial charge on any atom is 0.339 e. The molecule has 7 nitrogen and oxygen atoms in total. The highest BCUT2D eigenvalue weighted by molar-refractivity contribution is 5.93. The van der Waals surface area contributed by atoms with Crippen molar-refractivity contribution in [2.75, 3.05) is 7.11 Å². The van der Waals surface area contributed by atoms with Gasteiger partial charge >= 0.3 is 5.97 Å². The predicted molar refractivity (Wildman–Crippen MR) is 55.1 cm³/mol. The van der Waals surface area contributed by atoms with Crippen molar-refractivity contribution >= 4 is 11.7 Å². The number of nitrogens with zero attached hydrogens (tertiary/aromatic N) is 2. The molecule has 0 atom stereocenters. The van der Waals surface area contributed by atoms with Crippen LogP contribution in [0.4, 0.5) is 5.69 Å². The molecule has 1 aromatic carbocycles. The van der Waals surface area contributed by atoms with Gasteiger partial charge in [0, 0.05) is 6.07 Å². The van der Waals surface area contributed by atoms with E-state index in [9.17, 15) is 14.9 Å². The quantitative estimate of drug-likeness (QED) is 0.470. The Hall–Kier alpha value is -2.46. The van der Waals surface area contributed by atoms with Crippen LogP contribution in [-0.2, 0) is 11.3 Å². The van der Waals surface area contributed by atoms with Gasteiger partial charge in [-0.2, -0.15) is 5.26 Å². The van der Waals surface area contributed by atoms with Crippen molar-refractivity contribution in [3.8, 4) is 6.07 Å². The standard InChI is InChI=1S/C10H8N2O5/c1-17-10(14)8-3-9(12(15)16)7(5-13)2-6(8)4-11/h2-3,13H,5H2,1H3. The number of hydrogen-bond acceptors (Lipinski definition) is 6. The smallest absolute Gasteiger partial charge is 0.339 e. The summed E-state index contributed by atoms with van der Waals surface area (Å²) in [5.74, 6) is -0.839. The third kappa shape index (κ3) is 2.38. The molecule has 0 saturated heterocycles. The highest BCUT2D eigenvalue weighted by atomic mass is 16.6. The fourth-order valence-corrected chi connectivity index (χ4v) is 1.30. The molecule has 0 unspecified atom stereocenters. The van der Waals surface area contributed by atoms with Gasteiger partial charge in [0.1, 0.15) is 6.07 Å². The Morgan fingerprint density at radius 2 is 2.29 bits per heavy atom. The minimum absolute atomic E-state index is 0.0285. The second kappa shape index (κ2) is 5.05. The van der Waals surface area contributed by atoms with Crippen LogP contribution in [0, 0.1) is 21.4 Å². The molecule has 0 saturated carbocycles. The second-order valence-corrected chi connectivity index (χ2v) is 3.05. The molecule has 0 bridgehead atoms. The second-order valence-electron chi connectivity index (χ2n) is 3.05. The van der Waals surface area contributed by atoms with E-state index in [0.717, 1.165) is 19.2 Å². The third-order valence-electron chi connectivity index (χ3n) is 2.11. The largest absolute Gasteiger partial charge is 0.465 e. The van der Waals surface area contributed by atoms with Crippen LogP contribution in [0.3, 0.4) is 0 Å². The topological polar surface area (TPSA) is 113 Å². The van der Waals surface area contributed by atoms with Gasteiger partial charge < -0.3 is 9.84 Å². The molecular formula is C10H8N2O5. The molecule has 1 N–H and O–H groups in total. The number of nitro groups is 1. The number of methoxy groups -OCH3 is 1. The van der Waals surface area contributed by atoms with E-state index in [1.807, 2.05) is 0 Å². The lowest BCUT2D eigenvalue weighted by atomic mass is 10.0. The molecule has 0 fully saturated rings. The summed E-state index contributed by atoms with van der Waals surface area (Å²) in [7, 11) is 1.11. The molecule has 0 radical (unpaired) electrons. The van der Waals surface area contributed by atoms with Gasteiger partial charge in [-0.05, 0) is 6.07 Å². The Bertz CT molecular complexity index is 518. The molecule has 88 valence electrons. The molecule has 0 aliphatic carbocycles. The molecule has 0 heterocycles. The molecule has 0 aromatic heterocycles. The van der Waals surface area contributed by atoms with Crippen molar-refractivity contribution in [1.29, 1.82) is 5.26 Å². The predicted octanol–water partition coefficient (Wildman–Crippen LogP) is 0.745. The molecule has 0 amide bonds. The van der Waals surface area contributed by atoms with E-state index >= 15 is 0 Å². The Kier molecular flexibility index (Phi) is 3.74. The Morgan fingerprint density at radius 1 is 1.65 bits per heavy atom. The van der Waals surface area contributed by atoms with Gasteiger partial charge in [-0.1, -0.05) is 0 Å². The van der Waals surface area contributed by atoms with E-state index in [-0.39, 0.29) is 16.7 Å². The number of benzene rings is 1. The number of aliphatic hydroxyl groups excluding tert-OH is 1. The molecule has 0 spiro atoms. The van der Waals surface area contributed by atoms with Crippen LogP contribution in [-0.4, -0.2) is 23.1 Å². The van der Waals surface area contributed by atoms with Crippen molar-refractivity contribution in [3.05, 3.63) is 38.9 Å². The fraction of sp³-hybridized carbons (Fsp3) is 0.200. The number of ether oxygens (including phenoxy) is 1. The van der Waals surface area contributed by atoms with Crippen LogP contribution in [0.2, 0.25) is 0 Å². The summed E-state index contributed by atoms with van der Waals surface area (Å²) in [4.78, 5) is 21.3. The zero-order valence-electron chi connectivity index (χ0n) is 8.84. The fourth-order valence-electron chi connectivity index (χ4n) is 1.30. The summed E-state index contributed by atoms with van der Waals surface area (Å²) in [5, 5.41) is 28.4. The first-order valence-electron chi connectivity index (χ1n) is 4.45. The number of hydrogen-bond donors (Lipinski definition) is 1. The first kappa shape index (κ1) is 12.6. The van der Waals surface area contributed by atoms with Gasteiger partial charge in [-0.15, -0.1) is 0 Å². The number of rotatable bonds is 3. The van der Waals surface area contributed by atoms with Crippen LogP contribution in [0.5, 0.6) is 0 Å². The van der Waals surface area contributed by atoms with Gasteiger partial charge in [0.25, 0.3) is 5.69 Å². The molecule has 17 heavy (non-hydrogen) atoms. The lowest BCUT2D eigenvalue weighted by molar-refractivity contribution is -0.385. The third-order valence-corrected chi connectivity index (χ3v) is 2.11. The summed E-state index contributed by atoms with van der Waals surface area (Å²) in [5.41, 5.74) is -0.725. The minimum atomic E-state index is -0.839. The van der Waals surface area contributed by atoms with E-state index in [0.29, 0.717) is 0 Å². The molecular weight excluding hydrogens is 228 g/mol. The number of nitro benzene ring substituents is 1. The van der Waals surface area contributed by atoms with E-state index in [4.69, 9.17) is 10.4 Å². The van der Waals surface area contributed by atoms with Crippen LogP contribution in [0.15, 0.2) is 12.1 Å². The van der Waals surface area contributed by atoms with Crippen LogP contribution in [0.1, 0.15) is 21.5 Å². The Balaban J connectivity index is 3.51. The first-order chi connectivity index (χ1) is 8.04. The number of carbonyl (C=O) groups excluding carboxylic acids is 1. The van der Waals surface area contributed by atoms with Gasteiger partial charge in [0.05, 0.1) is 35.3 Å². The van der Waals surface area contributed by atoms with Crippen molar-refractivity contribution in [1.82, 2.24) is 0 Å². The van der Waals surface area contributed by atoms with Gasteiger partial charge in [-0.3, -0.25) is 10.1 Å². The normalized spacial score (nSPS) is 9.47. The molecule has 0 aliphatic rings. The summed E-state index contributed by atoms with van der Waals surface area (Å²) in [6.45, 7) is -0.591. The molecule has 0 aliphatic heterocycles. The Labute approximate surface area is 96.0 Å². The average molecular weight is 236 g/mol. The Morgan fingerprint density at radius 3 is 2.71 bits per heavy atom. The van der Waals surface area contributed by atoms with Crippen molar-refractivity contribution in [2.45, 2.75) is 6.61 Å². The molecule has 1 aromatic rings. The first-order valence-corrected chi connectivity index (χ1v) is 4.45. The van der Waals surface area contributed by atoms with Crippen LogP contribution < -0.4 is 0 Å².